The van der Waals surface area contributed by atoms with Crippen molar-refractivity contribution in [3.63, 3.8) is 0 Å². The van der Waals surface area contributed by atoms with Crippen LogP contribution in [-0.4, -0.2) is 38.0 Å². The first kappa shape index (κ1) is 27.6. The smallest absolute Gasteiger partial charge is 0.408 e. The molecule has 3 aromatic rings. The van der Waals surface area contributed by atoms with E-state index < -0.39 is 28.3 Å². The van der Waals surface area contributed by atoms with Gasteiger partial charge >= 0.3 is 6.09 Å². The highest BCUT2D eigenvalue weighted by Crippen LogP contribution is 2.24. The molecule has 1 heterocycles. The van der Waals surface area contributed by atoms with Crippen LogP contribution >= 0.6 is 22.9 Å². The molecule has 1 aromatic heterocycles. The molecule has 0 spiro atoms. The highest BCUT2D eigenvalue weighted by molar-refractivity contribution is 7.87. The molecule has 0 radical (unpaired) electrons. The second-order valence-corrected chi connectivity index (χ2v) is 10.4. The summed E-state index contributed by atoms with van der Waals surface area (Å²) < 4.78 is 29.5. The summed E-state index contributed by atoms with van der Waals surface area (Å²) in [5, 5.41) is 13.0. The third-order valence-corrected chi connectivity index (χ3v) is 6.53. The van der Waals surface area contributed by atoms with Gasteiger partial charge in [-0.2, -0.15) is 8.42 Å². The highest BCUT2D eigenvalue weighted by atomic mass is 35.5. The summed E-state index contributed by atoms with van der Waals surface area (Å²) in [6.07, 6.45) is 0.324. The maximum atomic E-state index is 13.0. The van der Waals surface area contributed by atoms with E-state index >= 15 is 0 Å². The summed E-state index contributed by atoms with van der Waals surface area (Å²) in [5.74, 6) is -0.466. The zero-order valence-electron chi connectivity index (χ0n) is 19.1. The fourth-order valence-electron chi connectivity index (χ4n) is 3.14. The van der Waals surface area contributed by atoms with Crippen LogP contribution in [0.4, 0.5) is 9.93 Å². The first-order chi connectivity index (χ1) is 17.2. The molecule has 36 heavy (non-hydrogen) atoms. The number of rotatable bonds is 12. The molecule has 0 saturated heterocycles. The highest BCUT2D eigenvalue weighted by Gasteiger charge is 2.22. The van der Waals surface area contributed by atoms with Crippen LogP contribution in [0, 0.1) is 0 Å². The van der Waals surface area contributed by atoms with Gasteiger partial charge < -0.3 is 15.4 Å². The van der Waals surface area contributed by atoms with Gasteiger partial charge in [0.15, 0.2) is 5.13 Å². The van der Waals surface area contributed by atoms with Crippen LogP contribution in [0.5, 0.6) is 0 Å². The predicted molar refractivity (Wildman–Crippen MR) is 140 cm³/mol. The minimum absolute atomic E-state index is 0.00252. The van der Waals surface area contributed by atoms with Gasteiger partial charge in [0.25, 0.3) is 10.2 Å². The number of anilines is 1. The maximum absolute atomic E-state index is 13.0. The lowest BCUT2D eigenvalue weighted by Crippen LogP contribution is -2.44. The fourth-order valence-corrected chi connectivity index (χ4v) is 4.41. The average Bonchev–Trinajstić information content (AvgIpc) is 3.31. The van der Waals surface area contributed by atoms with Crippen molar-refractivity contribution in [3.05, 3.63) is 70.6 Å². The topological polar surface area (TPSA) is 153 Å². The lowest BCUT2D eigenvalue weighted by molar-refractivity contribution is -0.118. The molecule has 3 rings (SSSR count). The monoisotopic (exact) mass is 551 g/mol. The van der Waals surface area contributed by atoms with Crippen LogP contribution in [-0.2, 0) is 26.3 Å². The fraction of sp³-hybridized carbons (Fsp3) is 0.261. The summed E-state index contributed by atoms with van der Waals surface area (Å²) in [7, 11) is -3.79. The van der Waals surface area contributed by atoms with E-state index in [1.165, 1.54) is 11.3 Å². The van der Waals surface area contributed by atoms with Crippen molar-refractivity contribution >= 4 is 50.3 Å². The Balaban J connectivity index is 1.59. The van der Waals surface area contributed by atoms with Gasteiger partial charge in [0.1, 0.15) is 12.6 Å². The number of nitrogens with one attached hydrogen (secondary N) is 3. The first-order valence-electron chi connectivity index (χ1n) is 11.0. The number of ether oxygens (including phenoxy) is 1. The quantitative estimate of drug-likeness (QED) is 0.252. The summed E-state index contributed by atoms with van der Waals surface area (Å²) >= 11 is 7.13. The lowest BCUT2D eigenvalue weighted by atomic mass is 10.1. The number of nitrogens with zero attached hydrogens (tertiary/aromatic N) is 1. The number of carbonyl (C=O) groups is 2. The molecule has 0 fully saturated rings. The van der Waals surface area contributed by atoms with Crippen molar-refractivity contribution in [1.29, 1.82) is 0 Å². The van der Waals surface area contributed by atoms with E-state index in [-0.39, 0.29) is 19.6 Å². The van der Waals surface area contributed by atoms with Gasteiger partial charge in [0.2, 0.25) is 5.91 Å². The number of alkyl carbamates (subject to hydrolysis) is 1. The van der Waals surface area contributed by atoms with Gasteiger partial charge in [0.05, 0.1) is 5.69 Å². The minimum atomic E-state index is -3.79. The normalized spacial score (nSPS) is 12.1. The number of carbonyl (C=O) groups excluding carboxylic acids is 2. The zero-order chi connectivity index (χ0) is 26.0. The second kappa shape index (κ2) is 13.3. The molecule has 13 heteroatoms. The van der Waals surface area contributed by atoms with Gasteiger partial charge in [-0.3, -0.25) is 4.79 Å². The summed E-state index contributed by atoms with van der Waals surface area (Å²) in [5.41, 5.74) is 2.37. The predicted octanol–water partition coefficient (Wildman–Crippen LogP) is 3.66. The van der Waals surface area contributed by atoms with E-state index in [2.05, 4.69) is 20.3 Å². The molecule has 192 valence electrons. The molecular formula is C23H26ClN5O5S2. The van der Waals surface area contributed by atoms with Crippen LogP contribution in [0.3, 0.4) is 0 Å². The average molecular weight is 552 g/mol. The van der Waals surface area contributed by atoms with Crippen molar-refractivity contribution < 1.29 is 22.7 Å². The van der Waals surface area contributed by atoms with E-state index in [1.54, 1.807) is 24.3 Å². The molecule has 10 nitrogen and oxygen atoms in total. The molecule has 2 amide bonds. The molecule has 2 aromatic carbocycles. The van der Waals surface area contributed by atoms with E-state index in [1.807, 2.05) is 35.7 Å². The number of thiazole rings is 1. The second-order valence-electron chi connectivity index (χ2n) is 7.73. The van der Waals surface area contributed by atoms with Gasteiger partial charge in [-0.15, -0.1) is 11.3 Å². The van der Waals surface area contributed by atoms with Gasteiger partial charge in [0, 0.05) is 22.5 Å². The lowest BCUT2D eigenvalue weighted by Gasteiger charge is -2.18. The molecule has 1 unspecified atom stereocenters. The van der Waals surface area contributed by atoms with Gasteiger partial charge in [-0.05, 0) is 37.0 Å². The third-order valence-electron chi connectivity index (χ3n) is 4.92. The van der Waals surface area contributed by atoms with E-state index in [9.17, 15) is 18.0 Å². The summed E-state index contributed by atoms with van der Waals surface area (Å²) in [4.78, 5) is 29.8. The van der Waals surface area contributed by atoms with Crippen molar-refractivity contribution in [1.82, 2.24) is 15.0 Å². The van der Waals surface area contributed by atoms with Gasteiger partial charge in [-0.1, -0.05) is 54.1 Å². The SMILES string of the molecule is NS(=O)(=O)NCCCCC(NC(=O)OCc1ccc(Cl)cc1)C(=O)Nc1nc(-c2ccccc2)cs1. The number of aromatic nitrogens is 1. The number of hydrogen-bond acceptors (Lipinski definition) is 7. The Hall–Kier alpha value is -3.03. The van der Waals surface area contributed by atoms with Crippen LogP contribution in [0.25, 0.3) is 11.3 Å². The Morgan fingerprint density at radius 2 is 1.81 bits per heavy atom. The standard InChI is InChI=1S/C23H26ClN5O5S2/c24-18-11-9-16(10-12-18)14-34-23(31)28-19(8-4-5-13-26-36(25,32)33)21(30)29-22-27-20(15-35-22)17-6-2-1-3-7-17/h1-3,6-7,9-12,15,19,26H,4-5,8,13-14H2,(H,28,31)(H2,25,32,33)(H,27,29,30). The van der Waals surface area contributed by atoms with Crippen molar-refractivity contribution in [3.8, 4) is 11.3 Å². The van der Waals surface area contributed by atoms with E-state index in [4.69, 9.17) is 21.5 Å². The number of nitrogens with two attached hydrogens (primary N) is 1. The van der Waals surface area contributed by atoms with Crippen molar-refractivity contribution in [2.24, 2.45) is 5.14 Å². The van der Waals surface area contributed by atoms with E-state index in [0.717, 1.165) is 16.8 Å². The summed E-state index contributed by atoms with van der Waals surface area (Å²) in [6, 6.07) is 15.4. The number of amides is 2. The molecule has 0 aliphatic carbocycles. The molecule has 0 saturated carbocycles. The Morgan fingerprint density at radius 3 is 2.50 bits per heavy atom. The Kier molecular flexibility index (Phi) is 10.2. The summed E-state index contributed by atoms with van der Waals surface area (Å²) in [6.45, 7) is 0.115. The largest absolute Gasteiger partial charge is 0.445 e. The van der Waals surface area contributed by atoms with Crippen LogP contribution < -0.4 is 20.5 Å². The number of halogens is 1. The molecule has 5 N–H and O–H groups in total. The Morgan fingerprint density at radius 1 is 1.08 bits per heavy atom. The number of unbranched alkanes of at least 4 members (excludes halogenated alkanes) is 1. The Bertz CT molecular complexity index is 1250. The molecule has 0 aliphatic rings. The molecule has 0 aliphatic heterocycles. The number of benzene rings is 2. The molecular weight excluding hydrogens is 526 g/mol. The zero-order valence-corrected chi connectivity index (χ0v) is 21.5. The van der Waals surface area contributed by atoms with Crippen LogP contribution in [0.2, 0.25) is 5.02 Å². The maximum Gasteiger partial charge on any atom is 0.408 e. The molecule has 1 atom stereocenters. The van der Waals surface area contributed by atoms with Crippen LogP contribution in [0.1, 0.15) is 24.8 Å². The third kappa shape index (κ3) is 9.55. The van der Waals surface area contributed by atoms with Crippen LogP contribution in [0.15, 0.2) is 60.0 Å². The minimum Gasteiger partial charge on any atom is -0.445 e. The molecule has 0 bridgehead atoms. The van der Waals surface area contributed by atoms with E-state index in [0.29, 0.717) is 23.0 Å². The first-order valence-corrected chi connectivity index (χ1v) is 13.8. The van der Waals surface area contributed by atoms with Gasteiger partial charge in [-0.25, -0.2) is 19.6 Å². The Labute approximate surface area is 218 Å². The van der Waals surface area contributed by atoms with Crippen molar-refractivity contribution in [2.75, 3.05) is 11.9 Å². The van der Waals surface area contributed by atoms with Crippen molar-refractivity contribution in [2.45, 2.75) is 31.9 Å². The number of hydrogen-bond donors (Lipinski definition) is 4.